The number of hydrogen-bond acceptors (Lipinski definition) is 4. The highest BCUT2D eigenvalue weighted by molar-refractivity contribution is 7.12. The van der Waals surface area contributed by atoms with E-state index in [0.29, 0.717) is 19.1 Å². The zero-order valence-corrected chi connectivity index (χ0v) is 15.1. The lowest BCUT2D eigenvalue weighted by atomic mass is 9.93. The van der Waals surface area contributed by atoms with Crippen LogP contribution in [-0.4, -0.2) is 48.8 Å². The summed E-state index contributed by atoms with van der Waals surface area (Å²) in [6.07, 6.45) is 4.31. The quantitative estimate of drug-likeness (QED) is 0.342. The predicted octanol–water partition coefficient (Wildman–Crippen LogP) is 1.73. The molecule has 1 heterocycles. The van der Waals surface area contributed by atoms with Crippen molar-refractivity contribution < 1.29 is 9.90 Å². The number of nitrogens with one attached hydrogen (secondary N) is 3. The lowest BCUT2D eigenvalue weighted by molar-refractivity contribution is 0.0957. The van der Waals surface area contributed by atoms with Gasteiger partial charge in [-0.1, -0.05) is 6.07 Å². The summed E-state index contributed by atoms with van der Waals surface area (Å²) in [6, 6.07) is 4.08. The molecule has 1 amide bonds. The average Bonchev–Trinajstić information content (AvgIpc) is 3.11. The Balaban J connectivity index is 1.67. The average molecular weight is 353 g/mol. The normalized spacial score (nSPS) is 21.3. The lowest BCUT2D eigenvalue weighted by Gasteiger charge is -2.27. The van der Waals surface area contributed by atoms with Gasteiger partial charge in [-0.05, 0) is 50.5 Å². The number of aliphatic hydroxyl groups is 1. The molecule has 2 rings (SSSR count). The van der Waals surface area contributed by atoms with Crippen LogP contribution >= 0.6 is 11.3 Å². The Morgan fingerprint density at radius 2 is 2.12 bits per heavy atom. The minimum atomic E-state index is -0.144. The standard InChI is InChI=1S/C17H28N4O2S/c1-2-18-17(21-13-6-8-14(22)9-7-13)20-11-4-10-19-16(23)15-5-3-12-24-15/h3,5,12-14,22H,2,4,6-11H2,1H3,(H,19,23)(H2,18,20,21). The summed E-state index contributed by atoms with van der Waals surface area (Å²) in [5.41, 5.74) is 0. The summed E-state index contributed by atoms with van der Waals surface area (Å²) in [7, 11) is 0. The molecular weight excluding hydrogens is 324 g/mol. The van der Waals surface area contributed by atoms with E-state index in [1.807, 2.05) is 24.4 Å². The smallest absolute Gasteiger partial charge is 0.261 e. The zero-order chi connectivity index (χ0) is 17.2. The second-order valence-electron chi connectivity index (χ2n) is 6.00. The molecule has 7 heteroatoms. The van der Waals surface area contributed by atoms with Gasteiger partial charge in [0.2, 0.25) is 0 Å². The Labute approximate surface area is 147 Å². The summed E-state index contributed by atoms with van der Waals surface area (Å²) >= 11 is 1.45. The van der Waals surface area contributed by atoms with Gasteiger partial charge in [-0.25, -0.2) is 0 Å². The third kappa shape index (κ3) is 6.49. The minimum Gasteiger partial charge on any atom is -0.393 e. The number of nitrogens with zero attached hydrogens (tertiary/aromatic N) is 1. The fourth-order valence-corrected chi connectivity index (χ4v) is 3.34. The Morgan fingerprint density at radius 3 is 2.79 bits per heavy atom. The van der Waals surface area contributed by atoms with Crippen LogP contribution in [-0.2, 0) is 0 Å². The van der Waals surface area contributed by atoms with Crippen molar-refractivity contribution >= 4 is 23.2 Å². The molecule has 1 aromatic heterocycles. The maximum atomic E-state index is 11.8. The summed E-state index contributed by atoms with van der Waals surface area (Å²) < 4.78 is 0. The summed E-state index contributed by atoms with van der Waals surface area (Å²) in [6.45, 7) is 4.14. The maximum absolute atomic E-state index is 11.8. The van der Waals surface area contributed by atoms with Gasteiger partial charge < -0.3 is 21.1 Å². The molecule has 134 valence electrons. The van der Waals surface area contributed by atoms with Crippen LogP contribution in [0, 0.1) is 0 Å². The first-order valence-corrected chi connectivity index (χ1v) is 9.61. The van der Waals surface area contributed by atoms with E-state index < -0.39 is 0 Å². The van der Waals surface area contributed by atoms with Crippen molar-refractivity contribution in [2.75, 3.05) is 19.6 Å². The second-order valence-corrected chi connectivity index (χ2v) is 6.94. The van der Waals surface area contributed by atoms with Crippen molar-refractivity contribution in [1.29, 1.82) is 0 Å². The van der Waals surface area contributed by atoms with Gasteiger partial charge in [-0.3, -0.25) is 9.79 Å². The Hall–Kier alpha value is -1.60. The number of amides is 1. The number of carbonyl (C=O) groups is 1. The molecule has 0 aromatic carbocycles. The number of carbonyl (C=O) groups excluding carboxylic acids is 1. The van der Waals surface area contributed by atoms with Gasteiger partial charge in [-0.15, -0.1) is 11.3 Å². The van der Waals surface area contributed by atoms with E-state index in [0.717, 1.165) is 49.5 Å². The molecule has 1 aliphatic carbocycles. The summed E-state index contributed by atoms with van der Waals surface area (Å²) in [5.74, 6) is 0.809. The van der Waals surface area contributed by atoms with Crippen LogP contribution < -0.4 is 16.0 Å². The molecule has 0 radical (unpaired) electrons. The highest BCUT2D eigenvalue weighted by Gasteiger charge is 2.19. The fourth-order valence-electron chi connectivity index (χ4n) is 2.70. The largest absolute Gasteiger partial charge is 0.393 e. The van der Waals surface area contributed by atoms with Crippen molar-refractivity contribution in [2.45, 2.75) is 51.2 Å². The van der Waals surface area contributed by atoms with Crippen molar-refractivity contribution in [3.63, 3.8) is 0 Å². The highest BCUT2D eigenvalue weighted by Crippen LogP contribution is 2.18. The number of rotatable bonds is 7. The summed E-state index contributed by atoms with van der Waals surface area (Å²) in [4.78, 5) is 17.1. The molecule has 0 aliphatic heterocycles. The zero-order valence-electron chi connectivity index (χ0n) is 14.3. The molecule has 1 saturated carbocycles. The van der Waals surface area contributed by atoms with Crippen molar-refractivity contribution in [1.82, 2.24) is 16.0 Å². The van der Waals surface area contributed by atoms with Crippen molar-refractivity contribution in [3.05, 3.63) is 22.4 Å². The monoisotopic (exact) mass is 352 g/mol. The topological polar surface area (TPSA) is 85.8 Å². The Morgan fingerprint density at radius 1 is 1.33 bits per heavy atom. The minimum absolute atomic E-state index is 0.0141. The first kappa shape index (κ1) is 18.7. The van der Waals surface area contributed by atoms with Crippen LogP contribution in [0.2, 0.25) is 0 Å². The molecule has 0 unspecified atom stereocenters. The van der Waals surface area contributed by atoms with E-state index in [1.54, 1.807) is 0 Å². The van der Waals surface area contributed by atoms with Crippen LogP contribution in [0.1, 0.15) is 48.7 Å². The van der Waals surface area contributed by atoms with E-state index in [1.165, 1.54) is 11.3 Å². The molecular formula is C17H28N4O2S. The van der Waals surface area contributed by atoms with Gasteiger partial charge in [-0.2, -0.15) is 0 Å². The summed E-state index contributed by atoms with van der Waals surface area (Å²) in [5, 5.41) is 21.1. The van der Waals surface area contributed by atoms with Crippen LogP contribution in [0.3, 0.4) is 0 Å². The number of aliphatic hydroxyl groups excluding tert-OH is 1. The Kier molecular flexibility index (Phi) is 8.04. The van der Waals surface area contributed by atoms with Crippen molar-refractivity contribution in [3.8, 4) is 0 Å². The van der Waals surface area contributed by atoms with E-state index in [-0.39, 0.29) is 12.0 Å². The molecule has 0 spiro atoms. The van der Waals surface area contributed by atoms with Gasteiger partial charge >= 0.3 is 0 Å². The number of guanidine groups is 1. The predicted molar refractivity (Wildman–Crippen MR) is 98.6 cm³/mol. The van der Waals surface area contributed by atoms with E-state index in [9.17, 15) is 9.90 Å². The van der Waals surface area contributed by atoms with E-state index in [2.05, 4.69) is 20.9 Å². The van der Waals surface area contributed by atoms with Gasteiger partial charge in [0.25, 0.3) is 5.91 Å². The molecule has 1 aromatic rings. The molecule has 24 heavy (non-hydrogen) atoms. The third-order valence-corrected chi connectivity index (χ3v) is 4.89. The van der Waals surface area contributed by atoms with Crippen molar-refractivity contribution in [2.24, 2.45) is 4.99 Å². The number of thiophene rings is 1. The van der Waals surface area contributed by atoms with Crippen LogP contribution in [0.25, 0.3) is 0 Å². The second kappa shape index (κ2) is 10.3. The molecule has 1 fully saturated rings. The molecule has 6 nitrogen and oxygen atoms in total. The lowest BCUT2D eigenvalue weighted by Crippen LogP contribution is -2.45. The third-order valence-electron chi connectivity index (χ3n) is 4.02. The van der Waals surface area contributed by atoms with E-state index in [4.69, 9.17) is 0 Å². The van der Waals surface area contributed by atoms with Crippen LogP contribution in [0.15, 0.2) is 22.5 Å². The molecule has 0 saturated heterocycles. The highest BCUT2D eigenvalue weighted by atomic mass is 32.1. The molecule has 0 atom stereocenters. The molecule has 0 bridgehead atoms. The Bertz CT molecular complexity index is 511. The first-order chi connectivity index (χ1) is 11.7. The van der Waals surface area contributed by atoms with Gasteiger partial charge in [0.15, 0.2) is 5.96 Å². The SMILES string of the molecule is CCNC(=NCCCNC(=O)c1cccs1)NC1CCC(O)CC1. The number of aliphatic imine (C=N–C) groups is 1. The number of hydrogen-bond donors (Lipinski definition) is 4. The first-order valence-electron chi connectivity index (χ1n) is 8.73. The van der Waals surface area contributed by atoms with Gasteiger partial charge in [0.1, 0.15) is 0 Å². The fraction of sp³-hybridized carbons (Fsp3) is 0.647. The molecule has 1 aliphatic rings. The molecule has 4 N–H and O–H groups in total. The van der Waals surface area contributed by atoms with Crippen LogP contribution in [0.5, 0.6) is 0 Å². The maximum Gasteiger partial charge on any atom is 0.261 e. The van der Waals surface area contributed by atoms with Crippen LogP contribution in [0.4, 0.5) is 0 Å². The van der Waals surface area contributed by atoms with Gasteiger partial charge in [0.05, 0.1) is 11.0 Å². The van der Waals surface area contributed by atoms with E-state index >= 15 is 0 Å². The van der Waals surface area contributed by atoms with Gasteiger partial charge in [0, 0.05) is 25.7 Å².